The minimum absolute atomic E-state index is 0.349. The third-order valence-electron chi connectivity index (χ3n) is 5.45. The molecule has 0 bridgehead atoms. The van der Waals surface area contributed by atoms with Gasteiger partial charge in [-0.25, -0.2) is 0 Å². The van der Waals surface area contributed by atoms with Crippen LogP contribution in [0.1, 0.15) is 70.0 Å². The summed E-state index contributed by atoms with van der Waals surface area (Å²) in [5.74, 6) is 0.922. The molecule has 1 N–H and O–H groups in total. The third kappa shape index (κ3) is 2.79. The predicted octanol–water partition coefficient (Wildman–Crippen LogP) is 4.87. The summed E-state index contributed by atoms with van der Waals surface area (Å²) in [7, 11) is 0. The van der Waals surface area contributed by atoms with Crippen molar-refractivity contribution in [2.45, 2.75) is 71.4 Å². The molecule has 0 saturated heterocycles. The van der Waals surface area contributed by atoms with Gasteiger partial charge in [0.1, 0.15) is 0 Å². The SMILES string of the molecule is CC1CCCC(NC2c3ccccc3CC2(C)C)CC1. The van der Waals surface area contributed by atoms with Crippen LogP contribution in [0.25, 0.3) is 0 Å². The highest BCUT2D eigenvalue weighted by molar-refractivity contribution is 5.37. The second-order valence-electron chi connectivity index (χ2n) is 7.77. The zero-order chi connectivity index (χ0) is 14.2. The first-order chi connectivity index (χ1) is 9.56. The topological polar surface area (TPSA) is 12.0 Å². The van der Waals surface area contributed by atoms with Gasteiger partial charge in [-0.05, 0) is 48.1 Å². The summed E-state index contributed by atoms with van der Waals surface area (Å²) in [6, 6.07) is 10.3. The number of nitrogens with one attached hydrogen (secondary N) is 1. The Morgan fingerprint density at radius 2 is 1.85 bits per heavy atom. The summed E-state index contributed by atoms with van der Waals surface area (Å²) in [5, 5.41) is 4.02. The van der Waals surface area contributed by atoms with Crippen LogP contribution in [0.4, 0.5) is 0 Å². The lowest BCUT2D eigenvalue weighted by molar-refractivity contribution is 0.238. The van der Waals surface area contributed by atoms with Gasteiger partial charge in [-0.1, -0.05) is 57.9 Å². The lowest BCUT2D eigenvalue weighted by Crippen LogP contribution is -2.38. The Bertz CT molecular complexity index is 463. The lowest BCUT2D eigenvalue weighted by Gasteiger charge is -2.32. The molecule has 2 aliphatic rings. The van der Waals surface area contributed by atoms with Gasteiger partial charge in [0.15, 0.2) is 0 Å². The Kier molecular flexibility index (Phi) is 3.90. The predicted molar refractivity (Wildman–Crippen MR) is 85.8 cm³/mol. The van der Waals surface area contributed by atoms with Gasteiger partial charge in [0.05, 0.1) is 0 Å². The van der Waals surface area contributed by atoms with Gasteiger partial charge in [-0.2, -0.15) is 0 Å². The molecule has 0 amide bonds. The van der Waals surface area contributed by atoms with Gasteiger partial charge in [0, 0.05) is 12.1 Å². The van der Waals surface area contributed by atoms with Crippen LogP contribution in [0.3, 0.4) is 0 Å². The average molecular weight is 271 g/mol. The van der Waals surface area contributed by atoms with Gasteiger partial charge in [0.25, 0.3) is 0 Å². The molecule has 0 aromatic heterocycles. The normalized spacial score (nSPS) is 32.6. The molecule has 1 saturated carbocycles. The molecule has 1 aromatic carbocycles. The highest BCUT2D eigenvalue weighted by Crippen LogP contribution is 2.45. The van der Waals surface area contributed by atoms with E-state index in [4.69, 9.17) is 0 Å². The lowest BCUT2D eigenvalue weighted by atomic mass is 9.84. The van der Waals surface area contributed by atoms with E-state index >= 15 is 0 Å². The molecule has 0 radical (unpaired) electrons. The van der Waals surface area contributed by atoms with Crippen molar-refractivity contribution < 1.29 is 0 Å². The van der Waals surface area contributed by atoms with E-state index in [-0.39, 0.29) is 0 Å². The van der Waals surface area contributed by atoms with Gasteiger partial charge in [0.2, 0.25) is 0 Å². The summed E-state index contributed by atoms with van der Waals surface area (Å²) in [6.07, 6.45) is 8.14. The molecular weight excluding hydrogens is 242 g/mol. The Labute approximate surface area is 124 Å². The summed E-state index contributed by atoms with van der Waals surface area (Å²) >= 11 is 0. The molecule has 1 aromatic rings. The van der Waals surface area contributed by atoms with E-state index in [1.54, 1.807) is 11.1 Å². The van der Waals surface area contributed by atoms with Crippen molar-refractivity contribution >= 4 is 0 Å². The Morgan fingerprint density at radius 3 is 2.70 bits per heavy atom. The van der Waals surface area contributed by atoms with Crippen molar-refractivity contribution in [1.82, 2.24) is 5.32 Å². The van der Waals surface area contributed by atoms with Crippen LogP contribution in [0.2, 0.25) is 0 Å². The summed E-state index contributed by atoms with van der Waals surface area (Å²) in [5.41, 5.74) is 3.45. The largest absolute Gasteiger partial charge is 0.307 e. The van der Waals surface area contributed by atoms with Crippen LogP contribution in [-0.4, -0.2) is 6.04 Å². The Balaban J connectivity index is 1.75. The highest BCUT2D eigenvalue weighted by atomic mass is 15.0. The monoisotopic (exact) mass is 271 g/mol. The van der Waals surface area contributed by atoms with E-state index in [9.17, 15) is 0 Å². The standard InChI is InChI=1S/C19H29N/c1-14-7-6-9-16(12-11-14)20-18-17-10-5-4-8-15(17)13-19(18,2)3/h4-5,8,10,14,16,18,20H,6-7,9,11-13H2,1-3H3. The van der Waals surface area contributed by atoms with Gasteiger partial charge >= 0.3 is 0 Å². The maximum Gasteiger partial charge on any atom is 0.0379 e. The zero-order valence-corrected chi connectivity index (χ0v) is 13.3. The van der Waals surface area contributed by atoms with E-state index in [1.165, 1.54) is 38.5 Å². The van der Waals surface area contributed by atoms with Crippen molar-refractivity contribution in [3.8, 4) is 0 Å². The quantitative estimate of drug-likeness (QED) is 0.757. The average Bonchev–Trinajstić information content (AvgIpc) is 2.54. The maximum absolute atomic E-state index is 4.02. The van der Waals surface area contributed by atoms with Gasteiger partial charge < -0.3 is 5.32 Å². The van der Waals surface area contributed by atoms with Gasteiger partial charge in [-0.3, -0.25) is 0 Å². The zero-order valence-electron chi connectivity index (χ0n) is 13.3. The minimum Gasteiger partial charge on any atom is -0.307 e. The van der Waals surface area contributed by atoms with E-state index in [1.807, 2.05) is 0 Å². The smallest absolute Gasteiger partial charge is 0.0379 e. The van der Waals surface area contributed by atoms with Gasteiger partial charge in [-0.15, -0.1) is 0 Å². The number of hydrogen-bond acceptors (Lipinski definition) is 1. The van der Waals surface area contributed by atoms with Crippen LogP contribution in [0.5, 0.6) is 0 Å². The summed E-state index contributed by atoms with van der Waals surface area (Å²) < 4.78 is 0. The molecule has 3 atom stereocenters. The molecule has 3 rings (SSSR count). The van der Waals surface area contributed by atoms with E-state index in [0.717, 1.165) is 12.0 Å². The fourth-order valence-corrected chi connectivity index (χ4v) is 4.20. The fourth-order valence-electron chi connectivity index (χ4n) is 4.20. The minimum atomic E-state index is 0.349. The molecule has 2 aliphatic carbocycles. The molecule has 1 heteroatoms. The maximum atomic E-state index is 4.02. The van der Waals surface area contributed by atoms with Crippen LogP contribution < -0.4 is 5.32 Å². The van der Waals surface area contributed by atoms with Crippen molar-refractivity contribution in [3.05, 3.63) is 35.4 Å². The van der Waals surface area contributed by atoms with Crippen LogP contribution in [0, 0.1) is 11.3 Å². The number of rotatable bonds is 2. The Hall–Kier alpha value is -0.820. The fraction of sp³-hybridized carbons (Fsp3) is 0.684. The van der Waals surface area contributed by atoms with Crippen molar-refractivity contribution in [3.63, 3.8) is 0 Å². The molecule has 110 valence electrons. The molecule has 1 nitrogen and oxygen atoms in total. The van der Waals surface area contributed by atoms with Crippen molar-refractivity contribution in [2.75, 3.05) is 0 Å². The molecule has 0 spiro atoms. The van der Waals surface area contributed by atoms with Crippen LogP contribution in [-0.2, 0) is 6.42 Å². The Morgan fingerprint density at radius 1 is 1.05 bits per heavy atom. The third-order valence-corrected chi connectivity index (χ3v) is 5.45. The highest BCUT2D eigenvalue weighted by Gasteiger charge is 2.39. The molecular formula is C19H29N. The molecule has 20 heavy (non-hydrogen) atoms. The van der Waals surface area contributed by atoms with Crippen molar-refractivity contribution in [1.29, 1.82) is 0 Å². The van der Waals surface area contributed by atoms with Crippen LogP contribution in [0.15, 0.2) is 24.3 Å². The first-order valence-electron chi connectivity index (χ1n) is 8.40. The van der Waals surface area contributed by atoms with Crippen molar-refractivity contribution in [2.24, 2.45) is 11.3 Å². The molecule has 0 aliphatic heterocycles. The second-order valence-corrected chi connectivity index (χ2v) is 7.77. The first-order valence-corrected chi connectivity index (χ1v) is 8.40. The van der Waals surface area contributed by atoms with E-state index in [0.29, 0.717) is 11.5 Å². The molecule has 1 fully saturated rings. The molecule has 0 heterocycles. The molecule has 3 unspecified atom stereocenters. The van der Waals surface area contributed by atoms with E-state index < -0.39 is 0 Å². The summed E-state index contributed by atoms with van der Waals surface area (Å²) in [4.78, 5) is 0. The number of hydrogen-bond donors (Lipinski definition) is 1. The number of fused-ring (bicyclic) bond motifs is 1. The second kappa shape index (κ2) is 5.52. The summed E-state index contributed by atoms with van der Waals surface area (Å²) in [6.45, 7) is 7.26. The number of benzene rings is 1. The first kappa shape index (κ1) is 14.1. The van der Waals surface area contributed by atoms with Crippen LogP contribution >= 0.6 is 0 Å². The van der Waals surface area contributed by atoms with E-state index in [2.05, 4.69) is 50.4 Å².